The second kappa shape index (κ2) is 5.44. The smallest absolute Gasteiger partial charge is 0.0801 e. The van der Waals surface area contributed by atoms with E-state index in [1.807, 2.05) is 0 Å². The first kappa shape index (κ1) is 13.4. The molecular weight excluding hydrogens is 260 g/mol. The van der Waals surface area contributed by atoms with Crippen LogP contribution in [0.15, 0.2) is 0 Å². The Hall–Kier alpha value is -0.560. The lowest BCUT2D eigenvalue weighted by atomic mass is 9.70. The Labute approximate surface area is 118 Å². The van der Waals surface area contributed by atoms with Gasteiger partial charge in [0, 0.05) is 6.61 Å². The van der Waals surface area contributed by atoms with Crippen molar-refractivity contribution in [3.05, 3.63) is 10.6 Å². The second-order valence-corrected chi connectivity index (χ2v) is 6.51. The summed E-state index contributed by atoms with van der Waals surface area (Å²) in [6.45, 7) is 2.97. The van der Waals surface area contributed by atoms with E-state index in [1.54, 1.807) is 0 Å². The van der Waals surface area contributed by atoms with Crippen molar-refractivity contribution in [1.82, 2.24) is 15.0 Å². The third-order valence-corrected chi connectivity index (χ3v) is 5.50. The zero-order valence-corrected chi connectivity index (χ0v) is 12.2. The number of aryl methyl sites for hydroxylation is 1. The molecule has 19 heavy (non-hydrogen) atoms. The number of nitrogens with one attached hydrogen (secondary N) is 1. The van der Waals surface area contributed by atoms with Crippen molar-refractivity contribution in [2.75, 3.05) is 6.61 Å². The zero-order valence-electron chi connectivity index (χ0n) is 11.4. The third-order valence-electron chi connectivity index (χ3n) is 4.65. The maximum absolute atomic E-state index is 6.00. The molecule has 1 aliphatic heterocycles. The number of rotatable bonds is 4. The van der Waals surface area contributed by atoms with Crippen LogP contribution in [0, 0.1) is 5.92 Å². The van der Waals surface area contributed by atoms with E-state index < -0.39 is 0 Å². The molecule has 2 fully saturated rings. The van der Waals surface area contributed by atoms with Gasteiger partial charge in [0.05, 0.1) is 22.2 Å². The summed E-state index contributed by atoms with van der Waals surface area (Å²) >= 11 is 1.48. The van der Waals surface area contributed by atoms with Crippen LogP contribution < -0.4 is 11.3 Å². The number of hydrazine groups is 1. The molecule has 2 atom stereocenters. The van der Waals surface area contributed by atoms with Crippen LogP contribution in [0.25, 0.3) is 0 Å². The summed E-state index contributed by atoms with van der Waals surface area (Å²) in [6, 6.07) is 0.177. The summed E-state index contributed by atoms with van der Waals surface area (Å²) in [5.74, 6) is 6.36. The second-order valence-electron chi connectivity index (χ2n) is 5.72. The molecule has 0 bridgehead atoms. The fourth-order valence-electron chi connectivity index (χ4n) is 3.39. The quantitative estimate of drug-likeness (QED) is 0.652. The molecule has 2 unspecified atom stereocenters. The zero-order chi connectivity index (χ0) is 13.3. The fourth-order valence-corrected chi connectivity index (χ4v) is 4.28. The van der Waals surface area contributed by atoms with E-state index in [4.69, 9.17) is 10.6 Å². The van der Waals surface area contributed by atoms with Gasteiger partial charge in [-0.15, -0.1) is 5.10 Å². The molecule has 1 aromatic heterocycles. The van der Waals surface area contributed by atoms with E-state index in [2.05, 4.69) is 21.9 Å². The molecule has 2 aliphatic rings. The molecule has 1 spiro atoms. The Bertz CT molecular complexity index is 432. The highest BCUT2D eigenvalue weighted by molar-refractivity contribution is 7.05. The molecule has 1 saturated carbocycles. The van der Waals surface area contributed by atoms with Crippen LogP contribution in [-0.2, 0) is 11.2 Å². The van der Waals surface area contributed by atoms with Crippen LogP contribution in [0.2, 0.25) is 0 Å². The normalized spacial score (nSPS) is 27.2. The largest absolute Gasteiger partial charge is 0.375 e. The molecule has 5 nitrogen and oxygen atoms in total. The van der Waals surface area contributed by atoms with E-state index >= 15 is 0 Å². The number of nitrogens with two attached hydrogens (primary N) is 1. The lowest BCUT2D eigenvalue weighted by molar-refractivity contribution is -0.147. The van der Waals surface area contributed by atoms with Crippen LogP contribution in [-0.4, -0.2) is 21.8 Å². The maximum Gasteiger partial charge on any atom is 0.0801 e. The Kier molecular flexibility index (Phi) is 3.84. The fraction of sp³-hybridized carbons (Fsp3) is 0.846. The Morgan fingerprint density at radius 3 is 3.05 bits per heavy atom. The van der Waals surface area contributed by atoms with Gasteiger partial charge in [-0.1, -0.05) is 11.4 Å². The topological polar surface area (TPSA) is 73.1 Å². The van der Waals surface area contributed by atoms with Gasteiger partial charge in [-0.05, 0) is 56.0 Å². The van der Waals surface area contributed by atoms with E-state index in [0.717, 1.165) is 31.6 Å². The van der Waals surface area contributed by atoms with Crippen molar-refractivity contribution in [3.8, 4) is 0 Å². The van der Waals surface area contributed by atoms with Crippen molar-refractivity contribution in [1.29, 1.82) is 0 Å². The van der Waals surface area contributed by atoms with E-state index in [1.165, 1.54) is 35.7 Å². The van der Waals surface area contributed by atoms with Gasteiger partial charge in [0.2, 0.25) is 0 Å². The first-order chi connectivity index (χ1) is 9.28. The highest BCUT2D eigenvalue weighted by Crippen LogP contribution is 2.47. The molecule has 0 aromatic carbocycles. The number of hydrogen-bond donors (Lipinski definition) is 2. The molecular formula is C13H22N4OS. The maximum atomic E-state index is 6.00. The van der Waals surface area contributed by atoms with E-state index in [0.29, 0.717) is 5.92 Å². The summed E-state index contributed by atoms with van der Waals surface area (Å²) in [6.07, 6.45) is 6.82. The summed E-state index contributed by atoms with van der Waals surface area (Å²) < 4.78 is 10.1. The number of ether oxygens (including phenoxy) is 1. The minimum atomic E-state index is 0.155. The highest BCUT2D eigenvalue weighted by Gasteiger charge is 2.45. The predicted molar refractivity (Wildman–Crippen MR) is 74.6 cm³/mol. The van der Waals surface area contributed by atoms with Crippen LogP contribution in [0.5, 0.6) is 0 Å². The number of hydrogen-bond acceptors (Lipinski definition) is 6. The molecule has 1 aromatic rings. The highest BCUT2D eigenvalue weighted by atomic mass is 32.1. The average molecular weight is 282 g/mol. The van der Waals surface area contributed by atoms with Gasteiger partial charge in [0.15, 0.2) is 0 Å². The van der Waals surface area contributed by atoms with E-state index in [-0.39, 0.29) is 11.6 Å². The summed E-state index contributed by atoms with van der Waals surface area (Å²) in [4.78, 5) is 1.21. The average Bonchev–Trinajstić information content (AvgIpc) is 2.86. The molecule has 3 N–H and O–H groups in total. The molecule has 1 aliphatic carbocycles. The summed E-state index contributed by atoms with van der Waals surface area (Å²) in [5.41, 5.74) is 4.25. The lowest BCUT2D eigenvalue weighted by Crippen LogP contribution is -2.48. The van der Waals surface area contributed by atoms with Gasteiger partial charge in [-0.25, -0.2) is 0 Å². The minimum Gasteiger partial charge on any atom is -0.375 e. The first-order valence-electron chi connectivity index (χ1n) is 7.19. The van der Waals surface area contributed by atoms with Crippen LogP contribution >= 0.6 is 11.5 Å². The van der Waals surface area contributed by atoms with Crippen LogP contribution in [0.1, 0.15) is 55.6 Å². The van der Waals surface area contributed by atoms with Crippen LogP contribution in [0.4, 0.5) is 0 Å². The minimum absolute atomic E-state index is 0.155. The monoisotopic (exact) mass is 282 g/mol. The van der Waals surface area contributed by atoms with Gasteiger partial charge >= 0.3 is 0 Å². The van der Waals surface area contributed by atoms with E-state index in [9.17, 15) is 0 Å². The molecule has 106 valence electrons. The van der Waals surface area contributed by atoms with Crippen molar-refractivity contribution in [3.63, 3.8) is 0 Å². The Morgan fingerprint density at radius 2 is 2.42 bits per heavy atom. The van der Waals surface area contributed by atoms with Gasteiger partial charge in [0.1, 0.15) is 0 Å². The van der Waals surface area contributed by atoms with Crippen LogP contribution in [0.3, 0.4) is 0 Å². The number of aromatic nitrogens is 2. The summed E-state index contributed by atoms with van der Waals surface area (Å²) in [7, 11) is 0. The van der Waals surface area contributed by atoms with Gasteiger partial charge in [-0.2, -0.15) is 0 Å². The molecule has 0 amide bonds. The third kappa shape index (κ3) is 2.42. The van der Waals surface area contributed by atoms with Gasteiger partial charge in [0.25, 0.3) is 0 Å². The van der Waals surface area contributed by atoms with Gasteiger partial charge in [-0.3, -0.25) is 11.3 Å². The standard InChI is InChI=1S/C13H22N4OS/c1-2-10-12(19-17-16-10)11(15-14)9-4-7-18-13(8-9)5-3-6-13/h9,11,15H,2-8,14H2,1H3. The van der Waals surface area contributed by atoms with Crippen molar-refractivity contribution < 1.29 is 4.74 Å². The lowest BCUT2D eigenvalue weighted by Gasteiger charge is -2.48. The first-order valence-corrected chi connectivity index (χ1v) is 7.96. The molecule has 0 radical (unpaired) electrons. The molecule has 6 heteroatoms. The Morgan fingerprint density at radius 1 is 1.58 bits per heavy atom. The molecule has 3 rings (SSSR count). The number of nitrogens with zero attached hydrogens (tertiary/aromatic N) is 2. The van der Waals surface area contributed by atoms with Crippen molar-refractivity contribution in [2.45, 2.75) is 57.1 Å². The Balaban J connectivity index is 1.78. The van der Waals surface area contributed by atoms with Crippen molar-refractivity contribution in [2.24, 2.45) is 11.8 Å². The molecule has 2 heterocycles. The van der Waals surface area contributed by atoms with Crippen molar-refractivity contribution >= 4 is 11.5 Å². The summed E-state index contributed by atoms with van der Waals surface area (Å²) in [5, 5.41) is 4.21. The SMILES string of the molecule is CCc1nnsc1C(NN)C1CCOC2(CCC2)C1. The predicted octanol–water partition coefficient (Wildman–Crippen LogP) is 1.95. The van der Waals surface area contributed by atoms with Gasteiger partial charge < -0.3 is 4.74 Å². The molecule has 1 saturated heterocycles.